The van der Waals surface area contributed by atoms with E-state index < -0.39 is 11.4 Å². The van der Waals surface area contributed by atoms with Crippen LogP contribution in [0.2, 0.25) is 0 Å². The molecular formula is C24H21NO5. The molecule has 0 aliphatic heterocycles. The number of fused-ring (bicyclic) bond motifs is 1. The minimum absolute atomic E-state index is 0.177. The van der Waals surface area contributed by atoms with E-state index in [1.165, 1.54) is 7.11 Å². The molecule has 0 amide bonds. The highest BCUT2D eigenvalue weighted by Crippen LogP contribution is 2.49. The number of aromatic nitrogens is 1. The molecule has 4 rings (SSSR count). The van der Waals surface area contributed by atoms with Crippen molar-refractivity contribution in [3.63, 3.8) is 0 Å². The average Bonchev–Trinajstić information content (AvgIpc) is 3.48. The molecule has 1 aromatic heterocycles. The van der Waals surface area contributed by atoms with E-state index in [2.05, 4.69) is 17.0 Å². The van der Waals surface area contributed by atoms with E-state index >= 15 is 0 Å². The van der Waals surface area contributed by atoms with E-state index in [4.69, 9.17) is 14.0 Å². The summed E-state index contributed by atoms with van der Waals surface area (Å²) in [7, 11) is 1.43. The zero-order chi connectivity index (χ0) is 21.3. The number of nitrogens with zero attached hydrogens (tertiary/aromatic N) is 1. The van der Waals surface area contributed by atoms with Crippen LogP contribution < -0.4 is 0 Å². The van der Waals surface area contributed by atoms with E-state index in [0.717, 1.165) is 34.7 Å². The monoisotopic (exact) mass is 403 g/mol. The summed E-state index contributed by atoms with van der Waals surface area (Å²) in [6.07, 6.45) is 1.63. The van der Waals surface area contributed by atoms with Gasteiger partial charge >= 0.3 is 11.9 Å². The molecule has 2 aromatic carbocycles. The van der Waals surface area contributed by atoms with Crippen LogP contribution in [-0.4, -0.2) is 30.8 Å². The van der Waals surface area contributed by atoms with Crippen molar-refractivity contribution in [3.05, 3.63) is 64.5 Å². The second kappa shape index (κ2) is 7.68. The van der Waals surface area contributed by atoms with Gasteiger partial charge in [-0.2, -0.15) is 0 Å². The largest absolute Gasteiger partial charge is 0.468 e. The number of ether oxygens (including phenoxy) is 2. The molecule has 30 heavy (non-hydrogen) atoms. The molecule has 0 radical (unpaired) electrons. The number of rotatable bonds is 4. The molecule has 6 heteroatoms. The second-order valence-corrected chi connectivity index (χ2v) is 7.29. The van der Waals surface area contributed by atoms with Crippen LogP contribution in [0.4, 0.5) is 0 Å². The Balaban J connectivity index is 1.63. The van der Waals surface area contributed by atoms with Crippen LogP contribution in [0.5, 0.6) is 0 Å². The summed E-state index contributed by atoms with van der Waals surface area (Å²) in [5.74, 6) is 5.42. The van der Waals surface area contributed by atoms with Gasteiger partial charge in [-0.1, -0.05) is 35.3 Å². The molecule has 1 fully saturated rings. The molecule has 1 aliphatic carbocycles. The van der Waals surface area contributed by atoms with E-state index in [0.29, 0.717) is 5.69 Å². The van der Waals surface area contributed by atoms with E-state index in [1.54, 1.807) is 13.8 Å². The molecule has 3 aromatic rings. The minimum Gasteiger partial charge on any atom is -0.468 e. The van der Waals surface area contributed by atoms with Crippen molar-refractivity contribution < 1.29 is 23.6 Å². The van der Waals surface area contributed by atoms with Gasteiger partial charge in [0.25, 0.3) is 0 Å². The zero-order valence-electron chi connectivity index (χ0n) is 17.1. The molecule has 0 N–H and O–H groups in total. The number of hydrogen-bond acceptors (Lipinski definition) is 6. The molecule has 0 bridgehead atoms. The molecule has 1 saturated carbocycles. The summed E-state index contributed by atoms with van der Waals surface area (Å²) in [5.41, 5.74) is 1.97. The predicted molar refractivity (Wildman–Crippen MR) is 110 cm³/mol. The van der Waals surface area contributed by atoms with Crippen molar-refractivity contribution in [2.45, 2.75) is 32.1 Å². The first-order valence-corrected chi connectivity index (χ1v) is 9.76. The van der Waals surface area contributed by atoms with E-state index in [-0.39, 0.29) is 23.9 Å². The van der Waals surface area contributed by atoms with Crippen molar-refractivity contribution in [1.82, 2.24) is 5.16 Å². The second-order valence-electron chi connectivity index (χ2n) is 7.29. The fraction of sp³-hybridized carbons (Fsp3) is 0.292. The van der Waals surface area contributed by atoms with Crippen molar-refractivity contribution in [2.24, 2.45) is 0 Å². The van der Waals surface area contributed by atoms with Crippen LogP contribution >= 0.6 is 0 Å². The van der Waals surface area contributed by atoms with Crippen LogP contribution in [-0.2, 0) is 19.7 Å². The number of aryl methyl sites for hydroxylation is 1. The first kappa shape index (κ1) is 19.7. The molecule has 1 heterocycles. The third kappa shape index (κ3) is 3.43. The van der Waals surface area contributed by atoms with Gasteiger partial charge in [-0.05, 0) is 61.1 Å². The quantitative estimate of drug-likeness (QED) is 0.485. The maximum absolute atomic E-state index is 12.1. The summed E-state index contributed by atoms with van der Waals surface area (Å²) in [6, 6.07) is 11.8. The number of carbonyl (C=O) groups excluding carboxylic acids is 2. The van der Waals surface area contributed by atoms with Gasteiger partial charge in [0.2, 0.25) is 5.76 Å². The van der Waals surface area contributed by atoms with E-state index in [9.17, 15) is 9.59 Å². The van der Waals surface area contributed by atoms with Crippen LogP contribution in [0, 0.1) is 18.8 Å². The van der Waals surface area contributed by atoms with Crippen molar-refractivity contribution in [3.8, 4) is 11.8 Å². The van der Waals surface area contributed by atoms with Crippen LogP contribution in [0.3, 0.4) is 0 Å². The molecule has 1 aliphatic rings. The van der Waals surface area contributed by atoms with Crippen LogP contribution in [0.25, 0.3) is 10.8 Å². The Morgan fingerprint density at radius 3 is 2.57 bits per heavy atom. The Morgan fingerprint density at radius 2 is 1.87 bits per heavy atom. The van der Waals surface area contributed by atoms with Gasteiger partial charge in [-0.3, -0.25) is 4.79 Å². The molecule has 0 unspecified atom stereocenters. The molecule has 0 spiro atoms. The van der Waals surface area contributed by atoms with Gasteiger partial charge in [0, 0.05) is 5.56 Å². The maximum atomic E-state index is 12.1. The fourth-order valence-corrected chi connectivity index (χ4v) is 3.58. The first-order chi connectivity index (χ1) is 14.5. The van der Waals surface area contributed by atoms with Crippen molar-refractivity contribution in [1.29, 1.82) is 0 Å². The predicted octanol–water partition coefficient (Wildman–Crippen LogP) is 3.92. The summed E-state index contributed by atoms with van der Waals surface area (Å²) in [4.78, 5) is 24.2. The van der Waals surface area contributed by atoms with Crippen molar-refractivity contribution >= 4 is 22.7 Å². The van der Waals surface area contributed by atoms with Crippen LogP contribution in [0.1, 0.15) is 52.7 Å². The zero-order valence-corrected chi connectivity index (χ0v) is 17.1. The number of methoxy groups -OCH3 is 1. The summed E-state index contributed by atoms with van der Waals surface area (Å²) in [6.45, 7) is 3.68. The average molecular weight is 403 g/mol. The lowest BCUT2D eigenvalue weighted by atomic mass is 9.93. The fourth-order valence-electron chi connectivity index (χ4n) is 3.58. The summed E-state index contributed by atoms with van der Waals surface area (Å²) >= 11 is 0. The van der Waals surface area contributed by atoms with Gasteiger partial charge < -0.3 is 14.0 Å². The normalized spacial score (nSPS) is 14.0. The maximum Gasteiger partial charge on any atom is 0.344 e. The molecule has 152 valence electrons. The minimum atomic E-state index is -0.494. The third-order valence-corrected chi connectivity index (χ3v) is 5.38. The SMILES string of the molecule is CCOC(=O)c1c(C)noc1C#Cc1ccc2cc(C3(C(=O)OC)CC3)ccc2c1. The molecule has 6 nitrogen and oxygen atoms in total. The number of benzene rings is 2. The van der Waals surface area contributed by atoms with Gasteiger partial charge in [0.05, 0.1) is 24.8 Å². The first-order valence-electron chi connectivity index (χ1n) is 9.76. The lowest BCUT2D eigenvalue weighted by molar-refractivity contribution is -0.143. The van der Waals surface area contributed by atoms with Gasteiger partial charge in [0.15, 0.2) is 0 Å². The van der Waals surface area contributed by atoms with E-state index in [1.807, 2.05) is 36.4 Å². The topological polar surface area (TPSA) is 78.6 Å². The third-order valence-electron chi connectivity index (χ3n) is 5.38. The van der Waals surface area contributed by atoms with Crippen LogP contribution in [0.15, 0.2) is 40.9 Å². The highest BCUT2D eigenvalue weighted by molar-refractivity contribution is 5.93. The lowest BCUT2D eigenvalue weighted by Gasteiger charge is -2.13. The van der Waals surface area contributed by atoms with Gasteiger partial charge in [-0.15, -0.1) is 0 Å². The Labute approximate surface area is 174 Å². The standard InChI is InChI=1S/C24H21NO5/c1-4-29-22(26)21-15(2)25-30-20(21)10-6-16-5-7-18-14-19(9-8-17(18)13-16)24(11-12-24)23(27)28-3/h5,7-9,13-14H,4,11-12H2,1-3H3. The highest BCUT2D eigenvalue weighted by Gasteiger charge is 2.52. The summed E-state index contributed by atoms with van der Waals surface area (Å²) < 4.78 is 15.2. The Bertz CT molecular complexity index is 1210. The Morgan fingerprint density at radius 1 is 1.13 bits per heavy atom. The number of hydrogen-bond donors (Lipinski definition) is 0. The van der Waals surface area contributed by atoms with Crippen molar-refractivity contribution in [2.75, 3.05) is 13.7 Å². The molecule has 0 saturated heterocycles. The smallest absolute Gasteiger partial charge is 0.344 e. The molecule has 0 atom stereocenters. The highest BCUT2D eigenvalue weighted by atomic mass is 16.5. The Hall–Kier alpha value is -3.59. The number of carbonyl (C=O) groups is 2. The summed E-state index contributed by atoms with van der Waals surface area (Å²) in [5, 5.41) is 5.86. The number of esters is 2. The van der Waals surface area contributed by atoms with Gasteiger partial charge in [0.1, 0.15) is 5.56 Å². The lowest BCUT2D eigenvalue weighted by Crippen LogP contribution is -2.21. The Kier molecular flexibility index (Phi) is 5.04. The van der Waals surface area contributed by atoms with Gasteiger partial charge in [-0.25, -0.2) is 4.79 Å². The molecular weight excluding hydrogens is 382 g/mol.